The smallest absolute Gasteiger partial charge is 0.0542 e. The molecule has 0 bridgehead atoms. The van der Waals surface area contributed by atoms with Gasteiger partial charge in [-0.3, -0.25) is 0 Å². The van der Waals surface area contributed by atoms with E-state index in [0.29, 0.717) is 0 Å². The van der Waals surface area contributed by atoms with E-state index in [2.05, 4.69) is 216 Å². The van der Waals surface area contributed by atoms with Crippen LogP contribution in [0.25, 0.3) is 66.1 Å². The van der Waals surface area contributed by atoms with E-state index in [1.165, 1.54) is 65.9 Å². The zero-order valence-electron chi connectivity index (χ0n) is 30.2. The molecule has 0 radical (unpaired) electrons. The fourth-order valence-electron chi connectivity index (χ4n) is 9.20. The van der Waals surface area contributed by atoms with Crippen molar-refractivity contribution >= 4 is 60.7 Å². The number of para-hydroxylation sites is 4. The fourth-order valence-corrected chi connectivity index (χ4v) is 9.20. The van der Waals surface area contributed by atoms with Crippen LogP contribution in [0.2, 0.25) is 0 Å². The van der Waals surface area contributed by atoms with Crippen molar-refractivity contribution in [2.24, 2.45) is 0 Å². The molecular formula is C51H37N3. The second-order valence-corrected chi connectivity index (χ2v) is 15.0. The lowest BCUT2D eigenvalue weighted by Gasteiger charge is -2.27. The van der Waals surface area contributed by atoms with Crippen LogP contribution < -0.4 is 4.90 Å². The average molecular weight is 692 g/mol. The van der Waals surface area contributed by atoms with Gasteiger partial charge in [0.2, 0.25) is 0 Å². The highest BCUT2D eigenvalue weighted by molar-refractivity contribution is 6.12. The lowest BCUT2D eigenvalue weighted by atomic mass is 9.82. The first-order valence-electron chi connectivity index (χ1n) is 18.8. The molecule has 8 aromatic carbocycles. The quantitative estimate of drug-likeness (QED) is 0.175. The molecule has 0 saturated carbocycles. The maximum Gasteiger partial charge on any atom is 0.0542 e. The van der Waals surface area contributed by atoms with E-state index in [1.54, 1.807) is 0 Å². The van der Waals surface area contributed by atoms with Gasteiger partial charge in [0.1, 0.15) is 0 Å². The summed E-state index contributed by atoms with van der Waals surface area (Å²) in [4.78, 5) is 2.45. The minimum atomic E-state index is -0.0638. The summed E-state index contributed by atoms with van der Waals surface area (Å²) in [5.41, 5.74) is 15.8. The SMILES string of the molecule is CC1(C)c2ccccc2-c2cc(N(c3ccc4c(c3)c3ccccc3n4-c3ccccc3)c3ccc4c(c3)c3ccccc3n4-c3ccccc3)ccc21. The van der Waals surface area contributed by atoms with Gasteiger partial charge in [0.15, 0.2) is 0 Å². The summed E-state index contributed by atoms with van der Waals surface area (Å²) in [7, 11) is 0. The first-order valence-corrected chi connectivity index (χ1v) is 18.8. The summed E-state index contributed by atoms with van der Waals surface area (Å²) >= 11 is 0. The molecule has 0 saturated heterocycles. The minimum absolute atomic E-state index is 0.0638. The van der Waals surface area contributed by atoms with Gasteiger partial charge in [-0.05, 0) is 107 Å². The topological polar surface area (TPSA) is 13.1 Å². The second kappa shape index (κ2) is 11.6. The highest BCUT2D eigenvalue weighted by Gasteiger charge is 2.35. The lowest BCUT2D eigenvalue weighted by molar-refractivity contribution is 0.660. The van der Waals surface area contributed by atoms with E-state index in [-0.39, 0.29) is 5.41 Å². The van der Waals surface area contributed by atoms with Crippen molar-refractivity contribution in [3.8, 4) is 22.5 Å². The van der Waals surface area contributed by atoms with Crippen molar-refractivity contribution in [3.05, 3.63) is 199 Å². The Kier molecular flexibility index (Phi) is 6.60. The number of nitrogens with zero attached hydrogens (tertiary/aromatic N) is 3. The molecule has 0 spiro atoms. The molecule has 3 heteroatoms. The molecule has 0 aliphatic heterocycles. The Balaban J connectivity index is 1.18. The van der Waals surface area contributed by atoms with Gasteiger partial charge >= 0.3 is 0 Å². The predicted octanol–water partition coefficient (Wildman–Crippen LogP) is 13.7. The summed E-state index contributed by atoms with van der Waals surface area (Å²) in [6.07, 6.45) is 0. The molecule has 1 aliphatic carbocycles. The third-order valence-electron chi connectivity index (χ3n) is 11.7. The van der Waals surface area contributed by atoms with Crippen molar-refractivity contribution in [2.45, 2.75) is 19.3 Å². The van der Waals surface area contributed by atoms with Gasteiger partial charge in [-0.1, -0.05) is 117 Å². The van der Waals surface area contributed by atoms with Crippen LogP contribution in [0.5, 0.6) is 0 Å². The molecule has 2 aromatic heterocycles. The van der Waals surface area contributed by atoms with E-state index in [9.17, 15) is 0 Å². The van der Waals surface area contributed by atoms with Crippen molar-refractivity contribution in [2.75, 3.05) is 4.90 Å². The number of fused-ring (bicyclic) bond motifs is 9. The van der Waals surface area contributed by atoms with E-state index < -0.39 is 0 Å². The molecule has 1 aliphatic rings. The van der Waals surface area contributed by atoms with Gasteiger partial charge in [-0.2, -0.15) is 0 Å². The lowest BCUT2D eigenvalue weighted by Crippen LogP contribution is -2.15. The third-order valence-corrected chi connectivity index (χ3v) is 11.7. The summed E-state index contributed by atoms with van der Waals surface area (Å²) in [5.74, 6) is 0. The normalized spacial score (nSPS) is 13.1. The monoisotopic (exact) mass is 691 g/mol. The Labute approximate surface area is 314 Å². The van der Waals surface area contributed by atoms with Crippen LogP contribution in [0.4, 0.5) is 17.1 Å². The van der Waals surface area contributed by atoms with E-state index in [1.807, 2.05) is 0 Å². The number of anilines is 3. The summed E-state index contributed by atoms with van der Waals surface area (Å²) in [6.45, 7) is 4.70. The molecule has 54 heavy (non-hydrogen) atoms. The standard InChI is InChI=1S/C51H37N3/c1-51(2)45-22-12-9-19-39(45)42-31-36(25-28-46(42)51)52(37-26-29-49-43(32-37)40-20-10-13-23-47(40)53(49)34-15-5-3-6-16-34)38-27-30-50-44(33-38)41-21-11-14-24-48(41)54(50)35-17-7-4-8-18-35/h3-33H,1-2H3. The first-order chi connectivity index (χ1) is 26.6. The van der Waals surface area contributed by atoms with Crippen LogP contribution in [0, 0.1) is 0 Å². The molecular weight excluding hydrogens is 655 g/mol. The highest BCUT2D eigenvalue weighted by Crippen LogP contribution is 2.51. The molecule has 2 heterocycles. The van der Waals surface area contributed by atoms with Gasteiger partial charge in [-0.25, -0.2) is 0 Å². The Morgan fingerprint density at radius 1 is 0.352 bits per heavy atom. The minimum Gasteiger partial charge on any atom is -0.310 e. The van der Waals surface area contributed by atoms with Crippen LogP contribution >= 0.6 is 0 Å². The molecule has 10 aromatic rings. The summed E-state index contributed by atoms with van der Waals surface area (Å²) in [5, 5.41) is 4.94. The number of rotatable bonds is 5. The van der Waals surface area contributed by atoms with E-state index >= 15 is 0 Å². The molecule has 11 rings (SSSR count). The summed E-state index contributed by atoms with van der Waals surface area (Å²) < 4.78 is 4.77. The number of aromatic nitrogens is 2. The molecule has 256 valence electrons. The van der Waals surface area contributed by atoms with Crippen LogP contribution in [0.3, 0.4) is 0 Å². The van der Waals surface area contributed by atoms with Gasteiger partial charge in [-0.15, -0.1) is 0 Å². The Bertz CT molecular complexity index is 2920. The Hall–Kier alpha value is -6.84. The summed E-state index contributed by atoms with van der Waals surface area (Å²) in [6, 6.07) is 68.9. The molecule has 0 unspecified atom stereocenters. The molecule has 3 nitrogen and oxygen atoms in total. The zero-order chi connectivity index (χ0) is 36.0. The molecule has 0 atom stereocenters. The predicted molar refractivity (Wildman–Crippen MR) is 227 cm³/mol. The van der Waals surface area contributed by atoms with Crippen LogP contribution in [0.1, 0.15) is 25.0 Å². The van der Waals surface area contributed by atoms with E-state index in [0.717, 1.165) is 28.4 Å². The van der Waals surface area contributed by atoms with Gasteiger partial charge in [0.05, 0.1) is 22.1 Å². The Morgan fingerprint density at radius 2 is 0.778 bits per heavy atom. The maximum atomic E-state index is 2.45. The van der Waals surface area contributed by atoms with Crippen LogP contribution in [0.15, 0.2) is 188 Å². The number of benzene rings is 8. The molecule has 0 amide bonds. The van der Waals surface area contributed by atoms with E-state index in [4.69, 9.17) is 0 Å². The second-order valence-electron chi connectivity index (χ2n) is 15.0. The average Bonchev–Trinajstić information content (AvgIpc) is 3.81. The molecule has 0 N–H and O–H groups in total. The van der Waals surface area contributed by atoms with Crippen LogP contribution in [-0.4, -0.2) is 9.13 Å². The molecule has 0 fully saturated rings. The van der Waals surface area contributed by atoms with Crippen molar-refractivity contribution in [1.29, 1.82) is 0 Å². The maximum absolute atomic E-state index is 2.45. The number of hydrogen-bond donors (Lipinski definition) is 0. The van der Waals surface area contributed by atoms with Gasteiger partial charge in [0.25, 0.3) is 0 Å². The zero-order valence-corrected chi connectivity index (χ0v) is 30.2. The largest absolute Gasteiger partial charge is 0.310 e. The third kappa shape index (κ3) is 4.42. The van der Waals surface area contributed by atoms with Crippen molar-refractivity contribution in [1.82, 2.24) is 9.13 Å². The first kappa shape index (κ1) is 30.8. The van der Waals surface area contributed by atoms with Gasteiger partial charge in [0, 0.05) is 55.4 Å². The fraction of sp³-hybridized carbons (Fsp3) is 0.0588. The van der Waals surface area contributed by atoms with Crippen molar-refractivity contribution in [3.63, 3.8) is 0 Å². The van der Waals surface area contributed by atoms with Crippen LogP contribution in [-0.2, 0) is 5.41 Å². The number of hydrogen-bond acceptors (Lipinski definition) is 1. The highest BCUT2D eigenvalue weighted by atomic mass is 15.1. The van der Waals surface area contributed by atoms with Gasteiger partial charge < -0.3 is 14.0 Å². The van der Waals surface area contributed by atoms with Crippen molar-refractivity contribution < 1.29 is 0 Å². The Morgan fingerprint density at radius 3 is 1.35 bits per heavy atom.